The van der Waals surface area contributed by atoms with Crippen molar-refractivity contribution >= 4 is 0 Å². The highest BCUT2D eigenvalue weighted by atomic mass is 16.2. The van der Waals surface area contributed by atoms with Crippen molar-refractivity contribution in [3.63, 3.8) is 0 Å². The van der Waals surface area contributed by atoms with Crippen molar-refractivity contribution < 1.29 is 5.11 Å². The van der Waals surface area contributed by atoms with Gasteiger partial charge in [0.15, 0.2) is 0 Å². The van der Waals surface area contributed by atoms with Crippen molar-refractivity contribution in [1.29, 1.82) is 0 Å². The molecule has 0 aromatic rings. The third-order valence-corrected chi connectivity index (χ3v) is 3.11. The summed E-state index contributed by atoms with van der Waals surface area (Å²) in [4.78, 5) is 0. The van der Waals surface area contributed by atoms with Gasteiger partial charge in [0, 0.05) is 6.61 Å². The van der Waals surface area contributed by atoms with Gasteiger partial charge in [0.2, 0.25) is 0 Å². The number of aliphatic hydroxyl groups excluding tert-OH is 1. The van der Waals surface area contributed by atoms with Crippen LogP contribution in [0.15, 0.2) is 24.3 Å². The topological polar surface area (TPSA) is 20.2 Å². The van der Waals surface area contributed by atoms with Crippen LogP contribution in [-0.2, 0) is 0 Å². The Morgan fingerprint density at radius 2 is 1.22 bits per heavy atom. The molecule has 0 bridgehead atoms. The Balaban J connectivity index is 3.13. The van der Waals surface area contributed by atoms with Crippen molar-refractivity contribution in [3.8, 4) is 0 Å². The van der Waals surface area contributed by atoms with E-state index in [4.69, 9.17) is 5.11 Å². The van der Waals surface area contributed by atoms with Gasteiger partial charge in [0.1, 0.15) is 0 Å². The third-order valence-electron chi connectivity index (χ3n) is 3.11. The van der Waals surface area contributed by atoms with Gasteiger partial charge in [0.25, 0.3) is 0 Å². The minimum absolute atomic E-state index is 0.352. The highest BCUT2D eigenvalue weighted by molar-refractivity contribution is 4.92. The maximum Gasteiger partial charge on any atom is 0.0431 e. The van der Waals surface area contributed by atoms with Gasteiger partial charge in [-0.1, -0.05) is 63.3 Å². The standard InChI is InChI=1S/C17H32O/c1-2-3-4-5-6-7-8-9-10-11-12-13-14-15-16-17-18/h6-7,9-10,18H,2-5,8,11-17H2,1H3. The van der Waals surface area contributed by atoms with Crippen LogP contribution in [-0.4, -0.2) is 11.7 Å². The molecule has 0 saturated carbocycles. The first-order valence-electron chi connectivity index (χ1n) is 7.82. The van der Waals surface area contributed by atoms with E-state index in [0.29, 0.717) is 6.61 Å². The molecule has 0 spiro atoms. The minimum Gasteiger partial charge on any atom is -0.396 e. The largest absolute Gasteiger partial charge is 0.396 e. The Morgan fingerprint density at radius 1 is 0.667 bits per heavy atom. The highest BCUT2D eigenvalue weighted by Gasteiger charge is 1.88. The molecule has 1 heteroatoms. The fourth-order valence-electron chi connectivity index (χ4n) is 1.92. The quantitative estimate of drug-likeness (QED) is 0.343. The van der Waals surface area contributed by atoms with Crippen molar-refractivity contribution in [1.82, 2.24) is 0 Å². The molecule has 1 nitrogen and oxygen atoms in total. The molecule has 0 aliphatic rings. The summed E-state index contributed by atoms with van der Waals surface area (Å²) in [7, 11) is 0. The predicted molar refractivity (Wildman–Crippen MR) is 81.8 cm³/mol. The zero-order chi connectivity index (χ0) is 13.3. The van der Waals surface area contributed by atoms with E-state index in [1.807, 2.05) is 0 Å². The van der Waals surface area contributed by atoms with Crippen molar-refractivity contribution in [2.24, 2.45) is 0 Å². The van der Waals surface area contributed by atoms with Crippen LogP contribution in [0.2, 0.25) is 0 Å². The Bertz CT molecular complexity index is 194. The van der Waals surface area contributed by atoms with E-state index < -0.39 is 0 Å². The third kappa shape index (κ3) is 15.4. The maximum atomic E-state index is 8.64. The number of aliphatic hydroxyl groups is 1. The van der Waals surface area contributed by atoms with Crippen LogP contribution < -0.4 is 0 Å². The molecule has 0 aromatic carbocycles. The van der Waals surface area contributed by atoms with Gasteiger partial charge >= 0.3 is 0 Å². The summed E-state index contributed by atoms with van der Waals surface area (Å²) in [6.45, 7) is 2.60. The molecule has 0 aromatic heterocycles. The van der Waals surface area contributed by atoms with Crippen LogP contribution in [0.1, 0.15) is 77.6 Å². The van der Waals surface area contributed by atoms with Crippen LogP contribution >= 0.6 is 0 Å². The van der Waals surface area contributed by atoms with Crippen molar-refractivity contribution in [3.05, 3.63) is 24.3 Å². The number of unbranched alkanes of at least 4 members (excludes halogenated alkanes) is 8. The zero-order valence-electron chi connectivity index (χ0n) is 12.2. The van der Waals surface area contributed by atoms with Crippen LogP contribution in [0, 0.1) is 0 Å². The first-order valence-corrected chi connectivity index (χ1v) is 7.82. The van der Waals surface area contributed by atoms with Gasteiger partial charge in [-0.05, 0) is 38.5 Å². The summed E-state index contributed by atoms with van der Waals surface area (Å²) in [6.07, 6.45) is 22.8. The smallest absolute Gasteiger partial charge is 0.0431 e. The Hall–Kier alpha value is -0.560. The predicted octanol–water partition coefficient (Wildman–Crippen LogP) is 5.40. The summed E-state index contributed by atoms with van der Waals surface area (Å²) in [5, 5.41) is 8.64. The summed E-state index contributed by atoms with van der Waals surface area (Å²) in [6, 6.07) is 0. The minimum atomic E-state index is 0.352. The van der Waals surface area contributed by atoms with E-state index in [1.165, 1.54) is 57.8 Å². The fourth-order valence-corrected chi connectivity index (χ4v) is 1.92. The molecule has 18 heavy (non-hydrogen) atoms. The average Bonchev–Trinajstić information content (AvgIpc) is 2.39. The number of allylic oxidation sites excluding steroid dienone is 4. The van der Waals surface area contributed by atoms with Gasteiger partial charge in [0.05, 0.1) is 0 Å². The van der Waals surface area contributed by atoms with Gasteiger partial charge < -0.3 is 5.11 Å². The molecule has 106 valence electrons. The molecule has 0 atom stereocenters. The lowest BCUT2D eigenvalue weighted by molar-refractivity contribution is 0.282. The van der Waals surface area contributed by atoms with Crippen LogP contribution in [0.4, 0.5) is 0 Å². The van der Waals surface area contributed by atoms with Gasteiger partial charge in [-0.3, -0.25) is 0 Å². The summed E-state index contributed by atoms with van der Waals surface area (Å²) in [5.41, 5.74) is 0. The fraction of sp³-hybridized carbons (Fsp3) is 0.765. The molecule has 0 fully saturated rings. The molecule has 0 radical (unpaired) electrons. The molecule has 0 aliphatic carbocycles. The van der Waals surface area contributed by atoms with Crippen LogP contribution in [0.3, 0.4) is 0 Å². The van der Waals surface area contributed by atoms with E-state index in [0.717, 1.165) is 12.8 Å². The van der Waals surface area contributed by atoms with E-state index in [2.05, 4.69) is 31.2 Å². The molecular formula is C17H32O. The molecule has 0 aliphatic heterocycles. The first-order chi connectivity index (χ1) is 8.91. The summed E-state index contributed by atoms with van der Waals surface area (Å²) >= 11 is 0. The average molecular weight is 252 g/mol. The lowest BCUT2D eigenvalue weighted by Crippen LogP contribution is -1.83. The Kier molecular flexibility index (Phi) is 15.9. The molecule has 1 N–H and O–H groups in total. The molecule has 0 rings (SSSR count). The maximum absolute atomic E-state index is 8.64. The Labute approximate surface area is 114 Å². The lowest BCUT2D eigenvalue weighted by atomic mass is 10.1. The normalized spacial score (nSPS) is 11.9. The second kappa shape index (κ2) is 16.4. The van der Waals surface area contributed by atoms with Gasteiger partial charge in [-0.25, -0.2) is 0 Å². The zero-order valence-corrected chi connectivity index (χ0v) is 12.2. The monoisotopic (exact) mass is 252 g/mol. The van der Waals surface area contributed by atoms with Crippen LogP contribution in [0.25, 0.3) is 0 Å². The number of rotatable bonds is 13. The SMILES string of the molecule is CCCCCC=CCC=CCCCCCCCO. The molecule has 0 amide bonds. The van der Waals surface area contributed by atoms with E-state index in [9.17, 15) is 0 Å². The molecule has 0 heterocycles. The Morgan fingerprint density at radius 3 is 1.83 bits per heavy atom. The summed E-state index contributed by atoms with van der Waals surface area (Å²) < 4.78 is 0. The molecule has 0 unspecified atom stereocenters. The highest BCUT2D eigenvalue weighted by Crippen LogP contribution is 2.06. The lowest BCUT2D eigenvalue weighted by Gasteiger charge is -1.97. The molecule has 0 saturated heterocycles. The van der Waals surface area contributed by atoms with E-state index >= 15 is 0 Å². The molecular weight excluding hydrogens is 220 g/mol. The number of hydrogen-bond acceptors (Lipinski definition) is 1. The van der Waals surface area contributed by atoms with Crippen molar-refractivity contribution in [2.45, 2.75) is 77.6 Å². The second-order valence-electron chi connectivity index (χ2n) is 4.95. The van der Waals surface area contributed by atoms with E-state index in [-0.39, 0.29) is 0 Å². The second-order valence-corrected chi connectivity index (χ2v) is 4.95. The van der Waals surface area contributed by atoms with Crippen molar-refractivity contribution in [2.75, 3.05) is 6.61 Å². The summed E-state index contributed by atoms with van der Waals surface area (Å²) in [5.74, 6) is 0. The van der Waals surface area contributed by atoms with Gasteiger partial charge in [-0.15, -0.1) is 0 Å². The van der Waals surface area contributed by atoms with Gasteiger partial charge in [-0.2, -0.15) is 0 Å². The van der Waals surface area contributed by atoms with Crippen LogP contribution in [0.5, 0.6) is 0 Å². The first kappa shape index (κ1) is 17.4. The van der Waals surface area contributed by atoms with E-state index in [1.54, 1.807) is 0 Å². The number of hydrogen-bond donors (Lipinski definition) is 1.